The van der Waals surface area contributed by atoms with E-state index in [0.29, 0.717) is 22.4 Å². The zero-order valence-electron chi connectivity index (χ0n) is 10.7. The van der Waals surface area contributed by atoms with Crippen molar-refractivity contribution in [1.82, 2.24) is 0 Å². The Morgan fingerprint density at radius 1 is 1.05 bits per heavy atom. The van der Waals surface area contributed by atoms with E-state index in [4.69, 9.17) is 4.74 Å². The summed E-state index contributed by atoms with van der Waals surface area (Å²) in [6.45, 7) is -2.91. The molecule has 3 nitrogen and oxygen atoms in total. The second-order valence-corrected chi connectivity index (χ2v) is 4.02. The van der Waals surface area contributed by atoms with Gasteiger partial charge in [0.25, 0.3) is 0 Å². The van der Waals surface area contributed by atoms with Crippen molar-refractivity contribution in [1.29, 1.82) is 0 Å². The number of carbonyl (C=O) groups is 1. The lowest BCUT2D eigenvalue weighted by molar-refractivity contribution is -0.0498. The Labute approximate surface area is 114 Å². The molecule has 104 valence electrons. The van der Waals surface area contributed by atoms with Crippen LogP contribution in [0, 0.1) is 0 Å². The quantitative estimate of drug-likeness (QED) is 0.781. The monoisotopic (exact) mass is 278 g/mol. The van der Waals surface area contributed by atoms with Crippen LogP contribution in [-0.4, -0.2) is 20.0 Å². The van der Waals surface area contributed by atoms with Crippen LogP contribution < -0.4 is 9.47 Å². The molecule has 0 fully saturated rings. The minimum atomic E-state index is -2.91. The molecule has 2 aromatic carbocycles. The third-order valence-electron chi connectivity index (χ3n) is 2.70. The Morgan fingerprint density at radius 2 is 1.80 bits per heavy atom. The van der Waals surface area contributed by atoms with Crippen LogP contribution >= 0.6 is 0 Å². The Balaban J connectivity index is 2.46. The average molecular weight is 278 g/mol. The van der Waals surface area contributed by atoms with Crippen LogP contribution in [0.5, 0.6) is 11.5 Å². The van der Waals surface area contributed by atoms with Gasteiger partial charge in [-0.1, -0.05) is 18.2 Å². The van der Waals surface area contributed by atoms with Gasteiger partial charge in [0.05, 0.1) is 7.11 Å². The Morgan fingerprint density at radius 3 is 2.45 bits per heavy atom. The molecule has 0 radical (unpaired) electrons. The Kier molecular flexibility index (Phi) is 4.30. The molecule has 2 rings (SSSR count). The molecule has 0 N–H and O–H groups in total. The number of alkyl halides is 2. The highest BCUT2D eigenvalue weighted by Gasteiger charge is 2.09. The zero-order chi connectivity index (χ0) is 14.5. The van der Waals surface area contributed by atoms with Gasteiger partial charge >= 0.3 is 6.61 Å². The third-order valence-corrected chi connectivity index (χ3v) is 2.70. The zero-order valence-corrected chi connectivity index (χ0v) is 10.7. The number of carbonyl (C=O) groups excluding carboxylic acids is 1. The SMILES string of the molecule is COc1cc(OC(F)F)cc(-c2cccc(C=O)c2)c1. The van der Waals surface area contributed by atoms with Gasteiger partial charge in [-0.25, -0.2) is 0 Å². The van der Waals surface area contributed by atoms with Crippen LogP contribution in [0.4, 0.5) is 8.78 Å². The summed E-state index contributed by atoms with van der Waals surface area (Å²) >= 11 is 0. The number of rotatable bonds is 5. The molecule has 0 spiro atoms. The molecule has 0 amide bonds. The standard InChI is InChI=1S/C15H12F2O3/c1-19-13-6-12(7-14(8-13)20-15(16)17)11-4-2-3-10(5-11)9-18/h2-9,15H,1H3. The Bertz CT molecular complexity index is 612. The van der Waals surface area contributed by atoms with Crippen molar-refractivity contribution >= 4 is 6.29 Å². The fourth-order valence-electron chi connectivity index (χ4n) is 1.82. The molecule has 20 heavy (non-hydrogen) atoms. The minimum Gasteiger partial charge on any atom is -0.497 e. The third kappa shape index (κ3) is 3.32. The summed E-state index contributed by atoms with van der Waals surface area (Å²) in [6.07, 6.45) is 0.722. The van der Waals surface area contributed by atoms with E-state index in [-0.39, 0.29) is 5.75 Å². The normalized spacial score (nSPS) is 10.4. The average Bonchev–Trinajstić information content (AvgIpc) is 2.46. The Hall–Kier alpha value is -2.43. The van der Waals surface area contributed by atoms with Gasteiger partial charge in [0.1, 0.15) is 17.8 Å². The molecule has 0 aliphatic heterocycles. The number of ether oxygens (including phenoxy) is 2. The summed E-state index contributed by atoms with van der Waals surface area (Å²) in [5, 5.41) is 0. The highest BCUT2D eigenvalue weighted by Crippen LogP contribution is 2.30. The van der Waals surface area contributed by atoms with E-state index >= 15 is 0 Å². The first-order valence-corrected chi connectivity index (χ1v) is 5.82. The van der Waals surface area contributed by atoms with Crippen molar-refractivity contribution in [2.45, 2.75) is 6.61 Å². The summed E-state index contributed by atoms with van der Waals surface area (Å²) < 4.78 is 34.1. The van der Waals surface area contributed by atoms with Gasteiger partial charge < -0.3 is 9.47 Å². The summed E-state index contributed by atoms with van der Waals surface area (Å²) in [4.78, 5) is 10.8. The van der Waals surface area contributed by atoms with E-state index in [0.717, 1.165) is 6.29 Å². The molecule has 0 aromatic heterocycles. The maximum atomic E-state index is 12.3. The topological polar surface area (TPSA) is 35.5 Å². The van der Waals surface area contributed by atoms with Crippen LogP contribution in [0.25, 0.3) is 11.1 Å². The number of aldehydes is 1. The van der Waals surface area contributed by atoms with Crippen molar-refractivity contribution < 1.29 is 23.0 Å². The lowest BCUT2D eigenvalue weighted by Gasteiger charge is -2.10. The summed E-state index contributed by atoms with van der Waals surface area (Å²) in [7, 11) is 1.44. The predicted molar refractivity (Wildman–Crippen MR) is 70.4 cm³/mol. The van der Waals surface area contributed by atoms with Gasteiger partial charge in [0.15, 0.2) is 0 Å². The van der Waals surface area contributed by atoms with Gasteiger partial charge in [-0.2, -0.15) is 8.78 Å². The van der Waals surface area contributed by atoms with Crippen molar-refractivity contribution in [3.63, 3.8) is 0 Å². The van der Waals surface area contributed by atoms with E-state index in [9.17, 15) is 13.6 Å². The lowest BCUT2D eigenvalue weighted by Crippen LogP contribution is -2.02. The van der Waals surface area contributed by atoms with Crippen molar-refractivity contribution in [3.8, 4) is 22.6 Å². The van der Waals surface area contributed by atoms with Gasteiger partial charge in [0, 0.05) is 11.6 Å². The highest BCUT2D eigenvalue weighted by molar-refractivity contribution is 5.79. The summed E-state index contributed by atoms with van der Waals surface area (Å²) in [5.74, 6) is 0.403. The number of halogens is 2. The molecule has 0 atom stereocenters. The van der Waals surface area contributed by atoms with E-state index in [1.54, 1.807) is 30.3 Å². The van der Waals surface area contributed by atoms with Gasteiger partial charge in [-0.3, -0.25) is 4.79 Å². The molecule has 0 saturated heterocycles. The van der Waals surface area contributed by atoms with Crippen LogP contribution in [0.15, 0.2) is 42.5 Å². The molecule has 0 unspecified atom stereocenters. The van der Waals surface area contributed by atoms with Crippen LogP contribution in [-0.2, 0) is 0 Å². The van der Waals surface area contributed by atoms with E-state index in [1.165, 1.54) is 19.2 Å². The van der Waals surface area contributed by atoms with Gasteiger partial charge in [-0.05, 0) is 29.3 Å². The van der Waals surface area contributed by atoms with Crippen LogP contribution in [0.2, 0.25) is 0 Å². The highest BCUT2D eigenvalue weighted by atomic mass is 19.3. The predicted octanol–water partition coefficient (Wildman–Crippen LogP) is 3.78. The van der Waals surface area contributed by atoms with Crippen LogP contribution in [0.1, 0.15) is 10.4 Å². The molecule has 0 saturated carbocycles. The number of hydrogen-bond acceptors (Lipinski definition) is 3. The second kappa shape index (κ2) is 6.14. The fraction of sp³-hybridized carbons (Fsp3) is 0.133. The van der Waals surface area contributed by atoms with Crippen molar-refractivity contribution in [3.05, 3.63) is 48.0 Å². The maximum absolute atomic E-state index is 12.3. The van der Waals surface area contributed by atoms with Gasteiger partial charge in [0.2, 0.25) is 0 Å². The summed E-state index contributed by atoms with van der Waals surface area (Å²) in [6, 6.07) is 11.3. The molecule has 0 aliphatic rings. The second-order valence-electron chi connectivity index (χ2n) is 4.02. The smallest absolute Gasteiger partial charge is 0.387 e. The minimum absolute atomic E-state index is 0.00542. The summed E-state index contributed by atoms with van der Waals surface area (Å²) in [5.41, 5.74) is 1.85. The number of benzene rings is 2. The number of hydrogen-bond donors (Lipinski definition) is 0. The molecule has 5 heteroatoms. The first-order valence-electron chi connectivity index (χ1n) is 5.82. The van der Waals surface area contributed by atoms with E-state index in [2.05, 4.69) is 4.74 Å². The molecule has 0 heterocycles. The first kappa shape index (κ1) is 14.0. The van der Waals surface area contributed by atoms with Gasteiger partial charge in [-0.15, -0.1) is 0 Å². The van der Waals surface area contributed by atoms with Crippen molar-refractivity contribution in [2.24, 2.45) is 0 Å². The fourth-order valence-corrected chi connectivity index (χ4v) is 1.82. The molecular weight excluding hydrogens is 266 g/mol. The molecular formula is C15H12F2O3. The largest absolute Gasteiger partial charge is 0.497 e. The molecule has 0 aliphatic carbocycles. The van der Waals surface area contributed by atoms with Crippen molar-refractivity contribution in [2.75, 3.05) is 7.11 Å². The molecule has 2 aromatic rings. The van der Waals surface area contributed by atoms with Crippen LogP contribution in [0.3, 0.4) is 0 Å². The van der Waals surface area contributed by atoms with E-state index < -0.39 is 6.61 Å². The number of methoxy groups -OCH3 is 1. The molecule has 0 bridgehead atoms. The maximum Gasteiger partial charge on any atom is 0.387 e. The first-order chi connectivity index (χ1) is 9.62. The van der Waals surface area contributed by atoms with E-state index in [1.807, 2.05) is 0 Å². The lowest BCUT2D eigenvalue weighted by atomic mass is 10.0.